The molecule has 0 aliphatic rings. The van der Waals surface area contributed by atoms with Crippen LogP contribution in [0.15, 0.2) is 64.3 Å². The maximum Gasteiger partial charge on any atom is 0.273 e. The molecule has 0 spiro atoms. The molecule has 0 radical (unpaired) electrons. The normalized spacial score (nSPS) is 10.7. The van der Waals surface area contributed by atoms with Gasteiger partial charge in [0.05, 0.1) is 23.7 Å². The SMILES string of the molecule is CCOc1c(C#N)c(Nc2ccc(S(N)(=O)=O)cc2)c(C#N)c(=O)n1CC(=O)c1ccccc1. The van der Waals surface area contributed by atoms with Gasteiger partial charge in [0.15, 0.2) is 5.78 Å². The number of rotatable bonds is 8. The molecule has 0 unspecified atom stereocenters. The van der Waals surface area contributed by atoms with E-state index in [2.05, 4.69) is 5.32 Å². The van der Waals surface area contributed by atoms with Crippen LogP contribution < -0.4 is 20.8 Å². The van der Waals surface area contributed by atoms with Crippen LogP contribution in [-0.4, -0.2) is 25.4 Å². The van der Waals surface area contributed by atoms with Gasteiger partial charge in [0.25, 0.3) is 5.56 Å². The molecule has 0 fully saturated rings. The number of nitrogens with two attached hydrogens (primary N) is 1. The summed E-state index contributed by atoms with van der Waals surface area (Å²) in [5.41, 5.74) is -0.861. The average Bonchev–Trinajstić information content (AvgIpc) is 2.82. The summed E-state index contributed by atoms with van der Waals surface area (Å²) in [6, 6.07) is 17.2. The second-order valence-electron chi connectivity index (χ2n) is 6.96. The number of nitrogens with one attached hydrogen (secondary N) is 1. The van der Waals surface area contributed by atoms with Gasteiger partial charge < -0.3 is 10.1 Å². The molecule has 0 bridgehead atoms. The number of sulfonamides is 1. The Kier molecular flexibility index (Phi) is 7.12. The monoisotopic (exact) mass is 477 g/mol. The number of carbonyl (C=O) groups excluding carboxylic acids is 1. The van der Waals surface area contributed by atoms with Crippen molar-refractivity contribution >= 4 is 27.2 Å². The van der Waals surface area contributed by atoms with E-state index in [9.17, 15) is 28.5 Å². The molecule has 0 atom stereocenters. The van der Waals surface area contributed by atoms with Crippen molar-refractivity contribution in [1.29, 1.82) is 10.5 Å². The van der Waals surface area contributed by atoms with Crippen LogP contribution in [0.1, 0.15) is 28.4 Å². The minimum absolute atomic E-state index is 0.0854. The zero-order valence-corrected chi connectivity index (χ0v) is 18.8. The number of nitrogens with zero attached hydrogens (tertiary/aromatic N) is 3. The third-order valence-corrected chi connectivity index (χ3v) is 5.70. The van der Waals surface area contributed by atoms with Crippen molar-refractivity contribution in [2.75, 3.05) is 11.9 Å². The third kappa shape index (κ3) is 4.96. The predicted molar refractivity (Wildman–Crippen MR) is 123 cm³/mol. The maximum absolute atomic E-state index is 13.2. The Hall–Kier alpha value is -4.45. The van der Waals surface area contributed by atoms with Crippen molar-refractivity contribution < 1.29 is 17.9 Å². The first-order valence-electron chi connectivity index (χ1n) is 9.93. The van der Waals surface area contributed by atoms with Gasteiger partial charge in [0.1, 0.15) is 23.3 Å². The molecule has 11 heteroatoms. The summed E-state index contributed by atoms with van der Waals surface area (Å²) in [5.74, 6) is -0.572. The van der Waals surface area contributed by atoms with Gasteiger partial charge in [0.2, 0.25) is 15.9 Å². The van der Waals surface area contributed by atoms with Crippen LogP contribution in [0.25, 0.3) is 0 Å². The average molecular weight is 478 g/mol. The standard InChI is InChI=1S/C23H19N5O5S/c1-2-33-23-19(13-25)21(27-16-8-10-17(11-9-16)34(26,31)32)18(12-24)22(30)28(23)14-20(29)15-6-4-3-5-7-15/h3-11,27H,2,14H2,1H3,(H2,26,31,32). The van der Waals surface area contributed by atoms with Gasteiger partial charge in [-0.2, -0.15) is 10.5 Å². The summed E-state index contributed by atoms with van der Waals surface area (Å²) < 4.78 is 29.5. The molecule has 3 aromatic rings. The Morgan fingerprint density at radius 3 is 2.21 bits per heavy atom. The fourth-order valence-corrected chi connectivity index (χ4v) is 3.71. The molecule has 3 N–H and O–H groups in total. The fourth-order valence-electron chi connectivity index (χ4n) is 3.20. The Labute approximate surface area is 195 Å². The zero-order chi connectivity index (χ0) is 24.9. The zero-order valence-electron chi connectivity index (χ0n) is 18.0. The number of primary sulfonamides is 1. The van der Waals surface area contributed by atoms with E-state index in [1.165, 1.54) is 24.3 Å². The Balaban J connectivity index is 2.14. The lowest BCUT2D eigenvalue weighted by molar-refractivity contribution is 0.0965. The van der Waals surface area contributed by atoms with Gasteiger partial charge in [-0.3, -0.25) is 14.2 Å². The van der Waals surface area contributed by atoms with Gasteiger partial charge in [-0.25, -0.2) is 13.6 Å². The molecular weight excluding hydrogens is 458 g/mol. The smallest absolute Gasteiger partial charge is 0.273 e. The summed E-state index contributed by atoms with van der Waals surface area (Å²) in [5, 5.41) is 27.5. The van der Waals surface area contributed by atoms with Gasteiger partial charge >= 0.3 is 0 Å². The molecule has 34 heavy (non-hydrogen) atoms. The topological polar surface area (TPSA) is 168 Å². The molecule has 2 aromatic carbocycles. The van der Waals surface area contributed by atoms with E-state index in [0.717, 1.165) is 4.57 Å². The number of pyridine rings is 1. The lowest BCUT2D eigenvalue weighted by Gasteiger charge is -2.18. The first kappa shape index (κ1) is 24.2. The number of hydrogen-bond donors (Lipinski definition) is 2. The molecule has 0 amide bonds. The van der Waals surface area contributed by atoms with E-state index in [0.29, 0.717) is 11.3 Å². The number of anilines is 2. The maximum atomic E-state index is 13.2. The minimum atomic E-state index is -3.92. The first-order chi connectivity index (χ1) is 16.2. The minimum Gasteiger partial charge on any atom is -0.478 e. The number of aromatic nitrogens is 1. The van der Waals surface area contributed by atoms with E-state index in [-0.39, 0.29) is 28.6 Å². The van der Waals surface area contributed by atoms with Crippen LogP contribution in [0.3, 0.4) is 0 Å². The number of Topliss-reactive ketones (excluding diaryl/α,β-unsaturated/α-hetero) is 1. The van der Waals surface area contributed by atoms with Crippen molar-refractivity contribution in [2.45, 2.75) is 18.4 Å². The Morgan fingerprint density at radius 1 is 1.06 bits per heavy atom. The highest BCUT2D eigenvalue weighted by Crippen LogP contribution is 2.30. The van der Waals surface area contributed by atoms with Gasteiger partial charge in [-0.1, -0.05) is 30.3 Å². The lowest BCUT2D eigenvalue weighted by Crippen LogP contribution is -2.30. The highest BCUT2D eigenvalue weighted by Gasteiger charge is 2.25. The van der Waals surface area contributed by atoms with Crippen LogP contribution in [0.5, 0.6) is 5.88 Å². The van der Waals surface area contributed by atoms with Crippen LogP contribution in [0, 0.1) is 22.7 Å². The molecule has 10 nitrogen and oxygen atoms in total. The van der Waals surface area contributed by atoms with Gasteiger partial charge in [-0.05, 0) is 31.2 Å². The van der Waals surface area contributed by atoms with Crippen molar-refractivity contribution in [3.05, 3.63) is 81.6 Å². The molecule has 172 valence electrons. The quantitative estimate of drug-likeness (QED) is 0.466. The van der Waals surface area contributed by atoms with Crippen molar-refractivity contribution in [2.24, 2.45) is 5.14 Å². The molecule has 0 aliphatic carbocycles. The summed E-state index contributed by atoms with van der Waals surface area (Å²) >= 11 is 0. The third-order valence-electron chi connectivity index (χ3n) is 4.77. The van der Waals surface area contributed by atoms with E-state index in [1.807, 2.05) is 6.07 Å². The number of ether oxygens (including phenoxy) is 1. The van der Waals surface area contributed by atoms with E-state index >= 15 is 0 Å². The fraction of sp³-hybridized carbons (Fsp3) is 0.130. The Bertz CT molecular complexity index is 1480. The number of ketones is 1. The molecule has 1 heterocycles. The van der Waals surface area contributed by atoms with Crippen molar-refractivity contribution in [3.8, 4) is 18.0 Å². The van der Waals surface area contributed by atoms with Crippen LogP contribution in [0.4, 0.5) is 11.4 Å². The number of carbonyl (C=O) groups is 1. The molecule has 3 rings (SSSR count). The summed E-state index contributed by atoms with van der Waals surface area (Å²) in [6.45, 7) is 1.29. The summed E-state index contributed by atoms with van der Waals surface area (Å²) in [6.07, 6.45) is 0. The molecule has 0 saturated heterocycles. The number of nitriles is 2. The predicted octanol–water partition coefficient (Wildman–Crippen LogP) is 2.26. The van der Waals surface area contributed by atoms with Gasteiger partial charge in [0, 0.05) is 11.3 Å². The number of benzene rings is 2. The van der Waals surface area contributed by atoms with E-state index in [1.54, 1.807) is 43.3 Å². The second-order valence-corrected chi connectivity index (χ2v) is 8.52. The largest absolute Gasteiger partial charge is 0.478 e. The van der Waals surface area contributed by atoms with E-state index < -0.39 is 33.5 Å². The first-order valence-corrected chi connectivity index (χ1v) is 11.5. The summed E-state index contributed by atoms with van der Waals surface area (Å²) in [4.78, 5) is 25.8. The lowest BCUT2D eigenvalue weighted by atomic mass is 10.1. The number of hydrogen-bond acceptors (Lipinski definition) is 8. The van der Waals surface area contributed by atoms with Crippen LogP contribution in [0.2, 0.25) is 0 Å². The van der Waals surface area contributed by atoms with Crippen LogP contribution >= 0.6 is 0 Å². The Morgan fingerprint density at radius 2 is 1.68 bits per heavy atom. The summed E-state index contributed by atoms with van der Waals surface area (Å²) in [7, 11) is -3.92. The van der Waals surface area contributed by atoms with Crippen molar-refractivity contribution in [3.63, 3.8) is 0 Å². The van der Waals surface area contributed by atoms with Gasteiger partial charge in [-0.15, -0.1) is 0 Å². The van der Waals surface area contributed by atoms with Crippen LogP contribution in [-0.2, 0) is 16.6 Å². The molecular formula is C23H19N5O5S. The second kappa shape index (κ2) is 10.0. The van der Waals surface area contributed by atoms with E-state index in [4.69, 9.17) is 9.88 Å². The molecule has 0 aliphatic heterocycles. The molecule has 1 aromatic heterocycles. The molecule has 0 saturated carbocycles. The highest BCUT2D eigenvalue weighted by molar-refractivity contribution is 7.89. The highest BCUT2D eigenvalue weighted by atomic mass is 32.2. The van der Waals surface area contributed by atoms with Crippen molar-refractivity contribution in [1.82, 2.24) is 4.57 Å².